The topological polar surface area (TPSA) is 15.3 Å². The Morgan fingerprint density at radius 2 is 2.00 bits per heavy atom. The van der Waals surface area contributed by atoms with Gasteiger partial charge in [-0.3, -0.25) is 0 Å². The van der Waals surface area contributed by atoms with E-state index >= 15 is 0 Å². The lowest BCUT2D eigenvalue weighted by molar-refractivity contribution is 0.485. The normalized spacial score (nSPS) is 21.1. The van der Waals surface area contributed by atoms with Crippen LogP contribution in [-0.2, 0) is 6.54 Å². The Morgan fingerprint density at radius 1 is 1.25 bits per heavy atom. The van der Waals surface area contributed by atoms with Crippen LogP contribution in [0.2, 0.25) is 0 Å². The predicted octanol–water partition coefficient (Wildman–Crippen LogP) is 2.78. The zero-order valence-corrected chi connectivity index (χ0v) is 10.4. The maximum Gasteiger partial charge on any atom is 0.0368 e. The first-order chi connectivity index (χ1) is 7.81. The highest BCUT2D eigenvalue weighted by Gasteiger charge is 2.17. The standard InChI is InChI=1S/C14H22N2/c1-12-5-3-4-10-16(12)14-8-6-13(7-9-14)11-15-2/h6-9,12,15H,3-5,10-11H2,1-2H3. The summed E-state index contributed by atoms with van der Waals surface area (Å²) < 4.78 is 0. The van der Waals surface area contributed by atoms with Gasteiger partial charge in [0, 0.05) is 24.8 Å². The molecule has 0 aromatic heterocycles. The molecule has 0 aliphatic carbocycles. The third-order valence-corrected chi connectivity index (χ3v) is 3.45. The average molecular weight is 218 g/mol. The van der Waals surface area contributed by atoms with Crippen molar-refractivity contribution < 1.29 is 0 Å². The van der Waals surface area contributed by atoms with E-state index in [9.17, 15) is 0 Å². The number of hydrogen-bond acceptors (Lipinski definition) is 2. The van der Waals surface area contributed by atoms with Gasteiger partial charge < -0.3 is 10.2 Å². The highest BCUT2D eigenvalue weighted by molar-refractivity contribution is 5.48. The van der Waals surface area contributed by atoms with E-state index < -0.39 is 0 Å². The monoisotopic (exact) mass is 218 g/mol. The number of nitrogens with one attached hydrogen (secondary N) is 1. The summed E-state index contributed by atoms with van der Waals surface area (Å²) in [6.45, 7) is 4.50. The lowest BCUT2D eigenvalue weighted by Crippen LogP contribution is -2.37. The van der Waals surface area contributed by atoms with Crippen LogP contribution in [0.25, 0.3) is 0 Å². The molecule has 1 unspecified atom stereocenters. The number of rotatable bonds is 3. The summed E-state index contributed by atoms with van der Waals surface area (Å²) in [4.78, 5) is 2.53. The predicted molar refractivity (Wildman–Crippen MR) is 69.9 cm³/mol. The molecule has 1 aliphatic rings. The van der Waals surface area contributed by atoms with Gasteiger partial charge in [-0.1, -0.05) is 12.1 Å². The van der Waals surface area contributed by atoms with Crippen molar-refractivity contribution in [2.24, 2.45) is 0 Å². The largest absolute Gasteiger partial charge is 0.369 e. The molecule has 1 fully saturated rings. The van der Waals surface area contributed by atoms with Crippen LogP contribution in [0.3, 0.4) is 0 Å². The molecule has 1 saturated heterocycles. The molecule has 1 N–H and O–H groups in total. The molecule has 0 bridgehead atoms. The van der Waals surface area contributed by atoms with Crippen LogP contribution in [0.15, 0.2) is 24.3 Å². The van der Waals surface area contributed by atoms with Gasteiger partial charge >= 0.3 is 0 Å². The minimum absolute atomic E-state index is 0.698. The van der Waals surface area contributed by atoms with Crippen molar-refractivity contribution in [3.8, 4) is 0 Å². The first-order valence-electron chi connectivity index (χ1n) is 6.31. The lowest BCUT2D eigenvalue weighted by atomic mass is 10.0. The maximum atomic E-state index is 3.18. The van der Waals surface area contributed by atoms with Crippen molar-refractivity contribution in [3.05, 3.63) is 29.8 Å². The van der Waals surface area contributed by atoms with Gasteiger partial charge in [-0.2, -0.15) is 0 Å². The Kier molecular flexibility index (Phi) is 3.83. The van der Waals surface area contributed by atoms with Crippen molar-refractivity contribution in [2.75, 3.05) is 18.5 Å². The quantitative estimate of drug-likeness (QED) is 0.839. The van der Waals surface area contributed by atoms with Crippen molar-refractivity contribution in [2.45, 2.75) is 38.8 Å². The minimum atomic E-state index is 0.698. The van der Waals surface area contributed by atoms with Crippen LogP contribution in [0.4, 0.5) is 5.69 Å². The molecular weight excluding hydrogens is 196 g/mol. The molecule has 1 aromatic carbocycles. The summed E-state index contributed by atoms with van der Waals surface area (Å²) in [7, 11) is 1.99. The van der Waals surface area contributed by atoms with Crippen molar-refractivity contribution in [3.63, 3.8) is 0 Å². The van der Waals surface area contributed by atoms with E-state index in [0.717, 1.165) is 6.54 Å². The molecule has 1 aromatic rings. The number of hydrogen-bond donors (Lipinski definition) is 1. The van der Waals surface area contributed by atoms with Gasteiger partial charge in [-0.15, -0.1) is 0 Å². The molecule has 1 atom stereocenters. The molecule has 0 spiro atoms. The van der Waals surface area contributed by atoms with Crippen molar-refractivity contribution >= 4 is 5.69 Å². The molecule has 2 heteroatoms. The van der Waals surface area contributed by atoms with E-state index in [2.05, 4.69) is 41.4 Å². The average Bonchev–Trinajstić information content (AvgIpc) is 2.31. The summed E-state index contributed by atoms with van der Waals surface area (Å²) in [5.41, 5.74) is 2.74. The Bertz CT molecular complexity index is 318. The fourth-order valence-electron chi connectivity index (χ4n) is 2.49. The van der Waals surface area contributed by atoms with Gasteiger partial charge in [-0.05, 0) is 50.9 Å². The van der Waals surface area contributed by atoms with E-state index in [1.807, 2.05) is 7.05 Å². The second-order valence-corrected chi connectivity index (χ2v) is 4.73. The van der Waals surface area contributed by atoms with E-state index in [1.54, 1.807) is 0 Å². The first-order valence-corrected chi connectivity index (χ1v) is 6.31. The molecule has 88 valence electrons. The number of nitrogens with zero attached hydrogens (tertiary/aromatic N) is 1. The van der Waals surface area contributed by atoms with Crippen molar-refractivity contribution in [1.82, 2.24) is 5.32 Å². The summed E-state index contributed by atoms with van der Waals surface area (Å²) in [5.74, 6) is 0. The first kappa shape index (κ1) is 11.5. The fraction of sp³-hybridized carbons (Fsp3) is 0.571. The second-order valence-electron chi connectivity index (χ2n) is 4.73. The highest BCUT2D eigenvalue weighted by Crippen LogP contribution is 2.24. The molecule has 0 radical (unpaired) electrons. The molecule has 0 amide bonds. The van der Waals surface area contributed by atoms with Crippen LogP contribution >= 0.6 is 0 Å². The van der Waals surface area contributed by atoms with E-state index in [1.165, 1.54) is 37.1 Å². The van der Waals surface area contributed by atoms with Gasteiger partial charge in [-0.25, -0.2) is 0 Å². The third-order valence-electron chi connectivity index (χ3n) is 3.45. The van der Waals surface area contributed by atoms with E-state index in [4.69, 9.17) is 0 Å². The summed E-state index contributed by atoms with van der Waals surface area (Å²) in [5, 5.41) is 3.18. The van der Waals surface area contributed by atoms with Crippen LogP contribution in [-0.4, -0.2) is 19.6 Å². The molecule has 2 nitrogen and oxygen atoms in total. The molecule has 2 rings (SSSR count). The lowest BCUT2D eigenvalue weighted by Gasteiger charge is -2.35. The molecule has 1 aliphatic heterocycles. The Balaban J connectivity index is 2.08. The third kappa shape index (κ3) is 2.56. The maximum absolute atomic E-state index is 3.18. The van der Waals surface area contributed by atoms with Gasteiger partial charge in [0.05, 0.1) is 0 Å². The van der Waals surface area contributed by atoms with Gasteiger partial charge in [0.15, 0.2) is 0 Å². The summed E-state index contributed by atoms with van der Waals surface area (Å²) in [6.07, 6.45) is 4.05. The Hall–Kier alpha value is -1.02. The number of benzene rings is 1. The fourth-order valence-corrected chi connectivity index (χ4v) is 2.49. The minimum Gasteiger partial charge on any atom is -0.369 e. The van der Waals surface area contributed by atoms with Crippen LogP contribution < -0.4 is 10.2 Å². The number of anilines is 1. The van der Waals surface area contributed by atoms with Gasteiger partial charge in [0.25, 0.3) is 0 Å². The summed E-state index contributed by atoms with van der Waals surface area (Å²) in [6, 6.07) is 9.67. The highest BCUT2D eigenvalue weighted by atomic mass is 15.2. The smallest absolute Gasteiger partial charge is 0.0368 e. The van der Waals surface area contributed by atoms with Crippen LogP contribution in [0.1, 0.15) is 31.7 Å². The Labute approximate surface area is 98.7 Å². The SMILES string of the molecule is CNCc1ccc(N2CCCCC2C)cc1. The van der Waals surface area contributed by atoms with E-state index in [0.29, 0.717) is 6.04 Å². The molecule has 1 heterocycles. The number of piperidine rings is 1. The van der Waals surface area contributed by atoms with Gasteiger partial charge in [0.1, 0.15) is 0 Å². The van der Waals surface area contributed by atoms with Crippen LogP contribution in [0, 0.1) is 0 Å². The Morgan fingerprint density at radius 3 is 2.62 bits per heavy atom. The second kappa shape index (κ2) is 5.35. The van der Waals surface area contributed by atoms with Crippen LogP contribution in [0.5, 0.6) is 0 Å². The molecular formula is C14H22N2. The zero-order chi connectivity index (χ0) is 11.4. The summed E-state index contributed by atoms with van der Waals surface area (Å²) >= 11 is 0. The van der Waals surface area contributed by atoms with E-state index in [-0.39, 0.29) is 0 Å². The van der Waals surface area contributed by atoms with Gasteiger partial charge in [0.2, 0.25) is 0 Å². The zero-order valence-electron chi connectivity index (χ0n) is 10.4. The molecule has 16 heavy (non-hydrogen) atoms. The van der Waals surface area contributed by atoms with Crippen molar-refractivity contribution in [1.29, 1.82) is 0 Å². The molecule has 0 saturated carbocycles.